The van der Waals surface area contributed by atoms with Gasteiger partial charge in [-0.1, -0.05) is 36.8 Å². The van der Waals surface area contributed by atoms with Crippen molar-refractivity contribution in [3.8, 4) is 0 Å². The first kappa shape index (κ1) is 20.2. The maximum atomic E-state index is 13.1. The number of carbonyl (C=O) groups is 2. The van der Waals surface area contributed by atoms with Gasteiger partial charge in [0.15, 0.2) is 0 Å². The van der Waals surface area contributed by atoms with Crippen LogP contribution in [0.4, 0.5) is 11.4 Å². The summed E-state index contributed by atoms with van der Waals surface area (Å²) >= 11 is 0. The van der Waals surface area contributed by atoms with E-state index in [2.05, 4.69) is 22.3 Å². The molecule has 0 radical (unpaired) electrons. The highest BCUT2D eigenvalue weighted by Gasteiger charge is 2.38. The summed E-state index contributed by atoms with van der Waals surface area (Å²) < 4.78 is 0. The van der Waals surface area contributed by atoms with E-state index in [0.29, 0.717) is 17.8 Å². The Balaban J connectivity index is 1.63. The van der Waals surface area contributed by atoms with Crippen LogP contribution in [-0.4, -0.2) is 36.3 Å². The zero-order valence-corrected chi connectivity index (χ0v) is 17.8. The van der Waals surface area contributed by atoms with Crippen LogP contribution in [0.2, 0.25) is 0 Å². The summed E-state index contributed by atoms with van der Waals surface area (Å²) in [7, 11) is 0. The molecule has 2 aromatic rings. The van der Waals surface area contributed by atoms with Gasteiger partial charge >= 0.3 is 0 Å². The fourth-order valence-electron chi connectivity index (χ4n) is 4.16. The summed E-state index contributed by atoms with van der Waals surface area (Å²) in [6, 6.07) is 15.9. The van der Waals surface area contributed by atoms with E-state index in [1.807, 2.05) is 50.2 Å². The van der Waals surface area contributed by atoms with Crippen LogP contribution >= 0.6 is 0 Å². The average molecular weight is 404 g/mol. The lowest BCUT2D eigenvalue weighted by molar-refractivity contribution is -0.136. The van der Waals surface area contributed by atoms with Crippen molar-refractivity contribution in [2.24, 2.45) is 0 Å². The smallest absolute Gasteiger partial charge is 0.278 e. The maximum absolute atomic E-state index is 13.1. The molecule has 0 unspecified atom stereocenters. The molecule has 0 aromatic heterocycles. The number of nitrogens with one attached hydrogen (secondary N) is 1. The number of hydrogen-bond donors (Lipinski definition) is 1. The first-order valence-corrected chi connectivity index (χ1v) is 10.9. The van der Waals surface area contributed by atoms with Crippen molar-refractivity contribution >= 4 is 28.8 Å². The van der Waals surface area contributed by atoms with Crippen molar-refractivity contribution < 1.29 is 9.59 Å². The molecule has 156 valence electrons. The van der Waals surface area contributed by atoms with Crippen LogP contribution in [0, 0.1) is 6.92 Å². The third-order valence-corrected chi connectivity index (χ3v) is 5.81. The molecule has 2 heterocycles. The van der Waals surface area contributed by atoms with Crippen molar-refractivity contribution in [3.63, 3.8) is 0 Å². The molecule has 1 fully saturated rings. The van der Waals surface area contributed by atoms with E-state index >= 15 is 0 Å². The standard InChI is InChI=1S/C25H29N3O2/c1-3-15-28-24(29)22(19-9-7-18(2)8-10-19)23(25(28)30)26-20-11-13-21(14-12-20)27-16-5-4-6-17-27/h7-14,26H,3-6,15-17H2,1-2H3. The molecule has 2 amide bonds. The number of rotatable bonds is 6. The molecule has 30 heavy (non-hydrogen) atoms. The van der Waals surface area contributed by atoms with Crippen molar-refractivity contribution in [1.82, 2.24) is 4.90 Å². The van der Waals surface area contributed by atoms with Gasteiger partial charge in [0.1, 0.15) is 5.70 Å². The van der Waals surface area contributed by atoms with Crippen LogP contribution in [0.1, 0.15) is 43.7 Å². The molecule has 0 saturated carbocycles. The minimum Gasteiger partial charge on any atom is -0.372 e. The molecule has 0 spiro atoms. The molecule has 5 heteroatoms. The summed E-state index contributed by atoms with van der Waals surface area (Å²) in [5, 5.41) is 3.25. The van der Waals surface area contributed by atoms with Gasteiger partial charge in [0.05, 0.1) is 5.57 Å². The second kappa shape index (κ2) is 8.74. The molecule has 2 aliphatic rings. The molecule has 0 atom stereocenters. The van der Waals surface area contributed by atoms with Gasteiger partial charge < -0.3 is 10.2 Å². The predicted molar refractivity (Wildman–Crippen MR) is 121 cm³/mol. The number of carbonyl (C=O) groups excluding carboxylic acids is 2. The van der Waals surface area contributed by atoms with Crippen molar-refractivity contribution in [2.45, 2.75) is 39.5 Å². The Morgan fingerprint density at radius 2 is 1.53 bits per heavy atom. The van der Waals surface area contributed by atoms with Crippen LogP contribution < -0.4 is 10.2 Å². The molecular formula is C25H29N3O2. The number of aryl methyl sites for hydroxylation is 1. The zero-order chi connectivity index (χ0) is 21.1. The first-order valence-electron chi connectivity index (χ1n) is 10.9. The molecule has 1 saturated heterocycles. The fourth-order valence-corrected chi connectivity index (χ4v) is 4.16. The van der Waals surface area contributed by atoms with Gasteiger partial charge in [-0.25, -0.2) is 0 Å². The summed E-state index contributed by atoms with van der Waals surface area (Å²) in [4.78, 5) is 29.9. The highest BCUT2D eigenvalue weighted by Crippen LogP contribution is 2.31. The number of imide groups is 1. The van der Waals surface area contributed by atoms with E-state index in [4.69, 9.17) is 0 Å². The van der Waals surface area contributed by atoms with Crippen LogP contribution in [-0.2, 0) is 9.59 Å². The largest absolute Gasteiger partial charge is 0.372 e. The summed E-state index contributed by atoms with van der Waals surface area (Å²) in [6.07, 6.45) is 4.50. The summed E-state index contributed by atoms with van der Waals surface area (Å²) in [5.41, 5.74) is 4.72. The summed E-state index contributed by atoms with van der Waals surface area (Å²) in [5.74, 6) is -0.476. The Kier molecular flexibility index (Phi) is 5.88. The van der Waals surface area contributed by atoms with E-state index in [9.17, 15) is 9.59 Å². The molecule has 4 rings (SSSR count). The molecule has 2 aromatic carbocycles. The lowest BCUT2D eigenvalue weighted by Gasteiger charge is -2.28. The Morgan fingerprint density at radius 3 is 2.17 bits per heavy atom. The molecule has 0 aliphatic carbocycles. The quantitative estimate of drug-likeness (QED) is 0.717. The number of piperidine rings is 1. The number of anilines is 2. The normalized spacial score (nSPS) is 17.1. The fraction of sp³-hybridized carbons (Fsp3) is 0.360. The molecule has 5 nitrogen and oxygen atoms in total. The van der Waals surface area contributed by atoms with E-state index in [1.54, 1.807) is 0 Å². The van der Waals surface area contributed by atoms with Gasteiger partial charge in [0, 0.05) is 31.0 Å². The van der Waals surface area contributed by atoms with Gasteiger partial charge in [-0.3, -0.25) is 14.5 Å². The monoisotopic (exact) mass is 403 g/mol. The minimum atomic E-state index is -0.252. The molecule has 1 N–H and O–H groups in total. The van der Waals surface area contributed by atoms with Gasteiger partial charge in [0.2, 0.25) is 0 Å². The van der Waals surface area contributed by atoms with E-state index < -0.39 is 0 Å². The predicted octanol–water partition coefficient (Wildman–Crippen LogP) is 4.59. The molecular weight excluding hydrogens is 374 g/mol. The second-order valence-corrected chi connectivity index (χ2v) is 8.10. The SMILES string of the molecule is CCCN1C(=O)C(Nc2ccc(N3CCCCC3)cc2)=C(c2ccc(C)cc2)C1=O. The first-order chi connectivity index (χ1) is 14.6. The van der Waals surface area contributed by atoms with Crippen LogP contribution in [0.3, 0.4) is 0 Å². The van der Waals surface area contributed by atoms with E-state index in [-0.39, 0.29) is 11.8 Å². The number of nitrogens with zero attached hydrogens (tertiary/aromatic N) is 2. The van der Waals surface area contributed by atoms with Gasteiger partial charge in [-0.15, -0.1) is 0 Å². The van der Waals surface area contributed by atoms with Gasteiger partial charge in [0.25, 0.3) is 11.8 Å². The third kappa shape index (κ3) is 3.97. The summed E-state index contributed by atoms with van der Waals surface area (Å²) in [6.45, 7) is 6.58. The second-order valence-electron chi connectivity index (χ2n) is 8.10. The number of amides is 2. The third-order valence-electron chi connectivity index (χ3n) is 5.81. The van der Waals surface area contributed by atoms with E-state index in [0.717, 1.165) is 36.3 Å². The Labute approximate surface area is 178 Å². The Bertz CT molecular complexity index is 955. The number of hydrogen-bond acceptors (Lipinski definition) is 4. The number of benzene rings is 2. The average Bonchev–Trinajstić information content (AvgIpc) is 3.00. The highest BCUT2D eigenvalue weighted by molar-refractivity contribution is 6.36. The zero-order valence-electron chi connectivity index (χ0n) is 17.8. The van der Waals surface area contributed by atoms with Gasteiger partial charge in [-0.2, -0.15) is 0 Å². The van der Waals surface area contributed by atoms with Crippen LogP contribution in [0.25, 0.3) is 5.57 Å². The molecule has 0 bridgehead atoms. The van der Waals surface area contributed by atoms with Gasteiger partial charge in [-0.05, 0) is 62.4 Å². The lowest BCUT2D eigenvalue weighted by atomic mass is 10.0. The topological polar surface area (TPSA) is 52.7 Å². The lowest BCUT2D eigenvalue weighted by Crippen LogP contribution is -2.33. The minimum absolute atomic E-state index is 0.224. The Morgan fingerprint density at radius 1 is 0.867 bits per heavy atom. The Hall–Kier alpha value is -3.08. The van der Waals surface area contributed by atoms with Crippen LogP contribution in [0.15, 0.2) is 54.2 Å². The highest BCUT2D eigenvalue weighted by atomic mass is 16.2. The molecule has 2 aliphatic heterocycles. The van der Waals surface area contributed by atoms with Crippen molar-refractivity contribution in [3.05, 3.63) is 65.4 Å². The van der Waals surface area contributed by atoms with Crippen LogP contribution in [0.5, 0.6) is 0 Å². The van der Waals surface area contributed by atoms with Crippen molar-refractivity contribution in [1.29, 1.82) is 0 Å². The van der Waals surface area contributed by atoms with Crippen molar-refractivity contribution in [2.75, 3.05) is 29.9 Å². The van der Waals surface area contributed by atoms with E-state index in [1.165, 1.54) is 29.8 Å². The maximum Gasteiger partial charge on any atom is 0.278 e.